The molecule has 2 aliphatic rings. The van der Waals surface area contributed by atoms with E-state index in [1.54, 1.807) is 0 Å². The Morgan fingerprint density at radius 2 is 1.85 bits per heavy atom. The third kappa shape index (κ3) is 3.90. The zero-order chi connectivity index (χ0) is 18.8. The number of rotatable bonds is 3. The maximum Gasteiger partial charge on any atom is 0.255 e. The number of benzene rings is 2. The second-order valence-corrected chi connectivity index (χ2v) is 7.22. The van der Waals surface area contributed by atoms with E-state index in [1.807, 2.05) is 18.2 Å². The minimum Gasteiger partial charge on any atom is -0.490 e. The molecular weight excluding hydrogens is 345 g/mol. The highest BCUT2D eigenvalue weighted by atomic mass is 19.1. The summed E-state index contributed by atoms with van der Waals surface area (Å²) in [6, 6.07) is 11.8. The van der Waals surface area contributed by atoms with Crippen molar-refractivity contribution in [1.82, 2.24) is 4.90 Å². The fourth-order valence-corrected chi connectivity index (χ4v) is 3.81. The molecule has 142 valence electrons. The number of hydrogen-bond acceptors (Lipinski definition) is 4. The number of likely N-dealkylation sites (tertiary alicyclic amines) is 1. The van der Waals surface area contributed by atoms with Gasteiger partial charge in [0.25, 0.3) is 5.91 Å². The number of halogens is 1. The molecule has 5 nitrogen and oxygen atoms in total. The first-order valence-electron chi connectivity index (χ1n) is 9.39. The Balaban J connectivity index is 1.53. The molecule has 0 aromatic heterocycles. The molecule has 0 bridgehead atoms. The van der Waals surface area contributed by atoms with Crippen LogP contribution in [-0.4, -0.2) is 50.1 Å². The molecule has 0 radical (unpaired) electrons. The third-order valence-electron chi connectivity index (χ3n) is 5.35. The van der Waals surface area contributed by atoms with E-state index in [0.717, 1.165) is 43.9 Å². The van der Waals surface area contributed by atoms with Crippen LogP contribution in [0.5, 0.6) is 5.75 Å². The Bertz CT molecular complexity index is 817. The summed E-state index contributed by atoms with van der Waals surface area (Å²) in [4.78, 5) is 17.2. The maximum absolute atomic E-state index is 13.1. The Kier molecular flexibility index (Phi) is 4.99. The molecule has 0 atom stereocenters. The first-order chi connectivity index (χ1) is 13.1. The largest absolute Gasteiger partial charge is 0.490 e. The van der Waals surface area contributed by atoms with Crippen LogP contribution >= 0.6 is 0 Å². The molecule has 1 amide bonds. The van der Waals surface area contributed by atoms with Gasteiger partial charge in [-0.3, -0.25) is 4.79 Å². The van der Waals surface area contributed by atoms with Gasteiger partial charge in [-0.25, -0.2) is 4.39 Å². The van der Waals surface area contributed by atoms with E-state index in [2.05, 4.69) is 22.2 Å². The van der Waals surface area contributed by atoms with Gasteiger partial charge in [0.15, 0.2) is 0 Å². The molecule has 2 aromatic carbocycles. The summed E-state index contributed by atoms with van der Waals surface area (Å²) in [5.41, 5.74) is 2.18. The molecule has 6 heteroatoms. The van der Waals surface area contributed by atoms with Gasteiger partial charge in [0.2, 0.25) is 0 Å². The summed E-state index contributed by atoms with van der Waals surface area (Å²) >= 11 is 0. The van der Waals surface area contributed by atoms with Crippen molar-refractivity contribution < 1.29 is 13.9 Å². The normalized spacial score (nSPS) is 17.9. The Hall–Kier alpha value is -2.60. The summed E-state index contributed by atoms with van der Waals surface area (Å²) in [6.45, 7) is 3.73. The average Bonchev–Trinajstić information content (AvgIpc) is 2.69. The number of amides is 1. The molecule has 0 aliphatic carbocycles. The predicted molar refractivity (Wildman–Crippen MR) is 104 cm³/mol. The standard InChI is InChI=1S/C21H24FN3O2/c1-24-10-8-18(9-11-24)25-12-13-27-20-7-6-17(14-19(20)25)23-21(26)15-2-4-16(22)5-3-15/h2-7,14,18H,8-13H2,1H3,(H,23,26). The highest BCUT2D eigenvalue weighted by molar-refractivity contribution is 6.04. The van der Waals surface area contributed by atoms with Crippen LogP contribution in [0.1, 0.15) is 23.2 Å². The molecule has 2 aromatic rings. The number of fused-ring (bicyclic) bond motifs is 1. The van der Waals surface area contributed by atoms with Crippen LogP contribution in [0.4, 0.5) is 15.8 Å². The lowest BCUT2D eigenvalue weighted by molar-refractivity contribution is 0.102. The minimum atomic E-state index is -0.355. The van der Waals surface area contributed by atoms with Crippen molar-refractivity contribution >= 4 is 17.3 Å². The lowest BCUT2D eigenvalue weighted by Gasteiger charge is -2.41. The van der Waals surface area contributed by atoms with Crippen LogP contribution in [0.3, 0.4) is 0 Å². The molecule has 0 saturated carbocycles. The first kappa shape index (κ1) is 17.8. The summed E-state index contributed by atoms with van der Waals surface area (Å²) in [5.74, 6) is 0.253. The van der Waals surface area contributed by atoms with E-state index >= 15 is 0 Å². The van der Waals surface area contributed by atoms with Gasteiger partial charge in [-0.1, -0.05) is 0 Å². The molecule has 1 fully saturated rings. The Morgan fingerprint density at radius 1 is 1.11 bits per heavy atom. The summed E-state index contributed by atoms with van der Waals surface area (Å²) in [7, 11) is 2.16. The zero-order valence-electron chi connectivity index (χ0n) is 15.5. The number of anilines is 2. The van der Waals surface area contributed by atoms with Crippen molar-refractivity contribution in [3.05, 3.63) is 53.8 Å². The van der Waals surface area contributed by atoms with Gasteiger partial charge in [0.05, 0.1) is 12.2 Å². The molecule has 2 heterocycles. The number of hydrogen-bond donors (Lipinski definition) is 1. The van der Waals surface area contributed by atoms with Gasteiger partial charge in [0, 0.05) is 17.3 Å². The molecule has 2 aliphatic heterocycles. The Morgan fingerprint density at radius 3 is 2.59 bits per heavy atom. The highest BCUT2D eigenvalue weighted by Gasteiger charge is 2.28. The second kappa shape index (κ2) is 7.56. The monoisotopic (exact) mass is 369 g/mol. The van der Waals surface area contributed by atoms with Gasteiger partial charge >= 0.3 is 0 Å². The van der Waals surface area contributed by atoms with Crippen LogP contribution in [0.25, 0.3) is 0 Å². The lowest BCUT2D eigenvalue weighted by Crippen LogP contribution is -2.47. The quantitative estimate of drug-likeness (QED) is 0.901. The van der Waals surface area contributed by atoms with Gasteiger partial charge in [0.1, 0.15) is 18.2 Å². The van der Waals surface area contributed by atoms with Crippen molar-refractivity contribution in [2.75, 3.05) is 43.5 Å². The summed E-state index contributed by atoms with van der Waals surface area (Å²) < 4.78 is 18.9. The fourth-order valence-electron chi connectivity index (χ4n) is 3.81. The number of carbonyl (C=O) groups excluding carboxylic acids is 1. The first-order valence-corrected chi connectivity index (χ1v) is 9.39. The number of ether oxygens (including phenoxy) is 1. The number of carbonyl (C=O) groups is 1. The van der Waals surface area contributed by atoms with Crippen molar-refractivity contribution in [3.63, 3.8) is 0 Å². The smallest absolute Gasteiger partial charge is 0.255 e. The third-order valence-corrected chi connectivity index (χ3v) is 5.35. The van der Waals surface area contributed by atoms with Crippen molar-refractivity contribution in [1.29, 1.82) is 0 Å². The summed E-state index contributed by atoms with van der Waals surface area (Å²) in [5, 5.41) is 2.91. The van der Waals surface area contributed by atoms with Crippen molar-refractivity contribution in [2.24, 2.45) is 0 Å². The van der Waals surface area contributed by atoms with Crippen LogP contribution < -0.4 is 15.0 Å². The second-order valence-electron chi connectivity index (χ2n) is 7.22. The molecule has 0 unspecified atom stereocenters. The zero-order valence-corrected chi connectivity index (χ0v) is 15.5. The van der Waals surface area contributed by atoms with Crippen LogP contribution in [0, 0.1) is 5.82 Å². The van der Waals surface area contributed by atoms with E-state index in [-0.39, 0.29) is 11.7 Å². The number of nitrogens with one attached hydrogen (secondary N) is 1. The fraction of sp³-hybridized carbons (Fsp3) is 0.381. The van der Waals surface area contributed by atoms with Gasteiger partial charge in [-0.2, -0.15) is 0 Å². The molecule has 27 heavy (non-hydrogen) atoms. The topological polar surface area (TPSA) is 44.8 Å². The molecule has 0 spiro atoms. The molecule has 4 rings (SSSR count). The SMILES string of the molecule is CN1CCC(N2CCOc3ccc(NC(=O)c4ccc(F)cc4)cc32)CC1. The molecule has 1 saturated heterocycles. The van der Waals surface area contributed by atoms with Crippen LogP contribution in [0.2, 0.25) is 0 Å². The van der Waals surface area contributed by atoms with Crippen LogP contribution in [-0.2, 0) is 0 Å². The number of piperidine rings is 1. The van der Waals surface area contributed by atoms with Crippen LogP contribution in [0.15, 0.2) is 42.5 Å². The van der Waals surface area contributed by atoms with Gasteiger partial charge in [-0.05, 0) is 75.4 Å². The van der Waals surface area contributed by atoms with E-state index in [0.29, 0.717) is 23.9 Å². The molecular formula is C21H24FN3O2. The average molecular weight is 369 g/mol. The van der Waals surface area contributed by atoms with Gasteiger partial charge in [-0.15, -0.1) is 0 Å². The number of nitrogens with zero attached hydrogens (tertiary/aromatic N) is 2. The maximum atomic E-state index is 13.1. The van der Waals surface area contributed by atoms with E-state index in [9.17, 15) is 9.18 Å². The minimum absolute atomic E-state index is 0.252. The van der Waals surface area contributed by atoms with E-state index < -0.39 is 0 Å². The predicted octanol–water partition coefficient (Wildman–Crippen LogP) is 3.37. The van der Waals surface area contributed by atoms with E-state index in [1.165, 1.54) is 24.3 Å². The Labute approximate surface area is 158 Å². The molecule has 1 N–H and O–H groups in total. The van der Waals surface area contributed by atoms with Crippen molar-refractivity contribution in [3.8, 4) is 5.75 Å². The van der Waals surface area contributed by atoms with Crippen molar-refractivity contribution in [2.45, 2.75) is 18.9 Å². The summed E-state index contributed by atoms with van der Waals surface area (Å²) in [6.07, 6.45) is 2.25. The van der Waals surface area contributed by atoms with Gasteiger partial charge < -0.3 is 19.9 Å². The van der Waals surface area contributed by atoms with E-state index in [4.69, 9.17) is 4.74 Å². The highest BCUT2D eigenvalue weighted by Crippen LogP contribution is 2.37. The lowest BCUT2D eigenvalue weighted by atomic mass is 10.0.